The minimum Gasteiger partial charge on any atom is -0.547 e. The Morgan fingerprint density at radius 1 is 0.800 bits per heavy atom. The van der Waals surface area contributed by atoms with E-state index in [-0.39, 0.29) is 39.0 Å². The maximum atomic E-state index is 9.63. The summed E-state index contributed by atoms with van der Waals surface area (Å²) in [6.07, 6.45) is -4.88. The summed E-state index contributed by atoms with van der Waals surface area (Å²) >= 11 is 0. The summed E-state index contributed by atoms with van der Waals surface area (Å²) in [5.74, 6) is -4.12. The Labute approximate surface area is 93.9 Å². The molecule has 0 spiro atoms. The van der Waals surface area contributed by atoms with Crippen molar-refractivity contribution in [2.45, 2.75) is 12.2 Å². The molecular formula is C4H12CuO10. The Kier molecular flexibility index (Phi) is 38.5. The first-order valence-corrected chi connectivity index (χ1v) is 2.24. The van der Waals surface area contributed by atoms with Crippen molar-refractivity contribution in [2.75, 3.05) is 0 Å². The summed E-state index contributed by atoms with van der Waals surface area (Å²) in [6.45, 7) is 0. The number of carbonyl (C=O) groups is 2. The molecule has 0 bridgehead atoms. The molecule has 0 aromatic heterocycles. The maximum absolute atomic E-state index is 9.63. The van der Waals surface area contributed by atoms with Gasteiger partial charge < -0.3 is 51.9 Å². The number of carboxylic acid groups (broad SMARTS) is 2. The number of carbonyl (C=O) groups excluding carboxylic acids is 2. The zero-order valence-corrected chi connectivity index (χ0v) is 7.93. The van der Waals surface area contributed by atoms with Gasteiger partial charge in [-0.25, -0.2) is 0 Å². The van der Waals surface area contributed by atoms with Crippen LogP contribution >= 0.6 is 0 Å². The molecule has 99 valence electrons. The Balaban J connectivity index is -0.0000000405. The molecule has 2 unspecified atom stereocenters. The van der Waals surface area contributed by atoms with Crippen molar-refractivity contribution in [2.24, 2.45) is 0 Å². The van der Waals surface area contributed by atoms with E-state index in [9.17, 15) is 19.8 Å². The van der Waals surface area contributed by atoms with Crippen LogP contribution in [-0.2, 0) is 26.7 Å². The molecule has 2 atom stereocenters. The molecule has 10 nitrogen and oxygen atoms in total. The number of aliphatic carboxylic acids is 2. The summed E-state index contributed by atoms with van der Waals surface area (Å²) in [4.78, 5) is 19.3. The van der Waals surface area contributed by atoms with E-state index in [0.29, 0.717) is 0 Å². The molecule has 0 rings (SSSR count). The second kappa shape index (κ2) is 15.7. The molecule has 0 amide bonds. The number of aliphatic hydroxyl groups is 2. The third-order valence-corrected chi connectivity index (χ3v) is 0.782. The summed E-state index contributed by atoms with van der Waals surface area (Å²) in [5, 5.41) is 35.7. The summed E-state index contributed by atoms with van der Waals surface area (Å²) < 4.78 is 0. The van der Waals surface area contributed by atoms with Gasteiger partial charge in [0.1, 0.15) is 12.2 Å². The molecule has 0 saturated carbocycles. The van der Waals surface area contributed by atoms with E-state index in [4.69, 9.17) is 10.2 Å². The van der Waals surface area contributed by atoms with Crippen LogP contribution in [-0.4, -0.2) is 56.3 Å². The number of hydrogen-bond acceptors (Lipinski definition) is 6. The van der Waals surface area contributed by atoms with E-state index in [1.807, 2.05) is 0 Å². The summed E-state index contributed by atoms with van der Waals surface area (Å²) in [5.41, 5.74) is 0. The van der Waals surface area contributed by atoms with Crippen LogP contribution in [0.25, 0.3) is 0 Å². The first kappa shape index (κ1) is 36.8. The quantitative estimate of drug-likeness (QED) is 0.475. The largest absolute Gasteiger partial charge is 2.00 e. The number of rotatable bonds is 3. The van der Waals surface area contributed by atoms with Crippen molar-refractivity contribution in [1.82, 2.24) is 0 Å². The topological polar surface area (TPSA) is 247 Å². The smallest absolute Gasteiger partial charge is 0.547 e. The standard InChI is InChI=1S/C4H6O6.Cu.4H2O/c5-1(3(7)8)2(6)4(9)10;;;;;/h1-2,5-6H,(H,7,8)(H,9,10);;4*1H2/q;+2;;;;/p-2. The predicted molar refractivity (Wildman–Crippen MR) is 36.5 cm³/mol. The molecule has 0 aliphatic rings. The van der Waals surface area contributed by atoms with E-state index < -0.39 is 24.1 Å². The van der Waals surface area contributed by atoms with E-state index in [2.05, 4.69) is 0 Å². The van der Waals surface area contributed by atoms with Crippen molar-refractivity contribution in [3.63, 3.8) is 0 Å². The predicted octanol–water partition coefficient (Wildman–Crippen LogP) is -8.09. The van der Waals surface area contributed by atoms with Crippen LogP contribution in [0.5, 0.6) is 0 Å². The normalized spacial score (nSPS) is 10.5. The number of aliphatic hydroxyl groups excluding tert-OH is 2. The van der Waals surface area contributed by atoms with Crippen LogP contribution in [0.3, 0.4) is 0 Å². The van der Waals surface area contributed by atoms with Gasteiger partial charge in [0.05, 0.1) is 11.9 Å². The van der Waals surface area contributed by atoms with Gasteiger partial charge in [-0.3, -0.25) is 0 Å². The first-order chi connectivity index (χ1) is 4.46. The van der Waals surface area contributed by atoms with Gasteiger partial charge in [0, 0.05) is 0 Å². The third-order valence-electron chi connectivity index (χ3n) is 0.782. The minimum atomic E-state index is -2.44. The molecule has 15 heavy (non-hydrogen) atoms. The van der Waals surface area contributed by atoms with Gasteiger partial charge in [0.15, 0.2) is 0 Å². The van der Waals surface area contributed by atoms with Crippen LogP contribution in [0.1, 0.15) is 0 Å². The van der Waals surface area contributed by atoms with E-state index in [0.717, 1.165) is 0 Å². The van der Waals surface area contributed by atoms with Gasteiger partial charge in [-0.2, -0.15) is 0 Å². The molecule has 0 saturated heterocycles. The van der Waals surface area contributed by atoms with Gasteiger partial charge >= 0.3 is 17.1 Å². The second-order valence-corrected chi connectivity index (χ2v) is 1.53. The molecule has 10 N–H and O–H groups in total. The molecule has 0 heterocycles. The van der Waals surface area contributed by atoms with Crippen molar-refractivity contribution < 1.29 is 69.0 Å². The zero-order valence-electron chi connectivity index (χ0n) is 6.98. The Morgan fingerprint density at radius 2 is 0.933 bits per heavy atom. The van der Waals surface area contributed by atoms with Gasteiger partial charge in [0.25, 0.3) is 0 Å². The van der Waals surface area contributed by atoms with E-state index in [1.54, 1.807) is 0 Å². The summed E-state index contributed by atoms with van der Waals surface area (Å²) in [6, 6.07) is 0. The Morgan fingerprint density at radius 3 is 1.00 bits per heavy atom. The van der Waals surface area contributed by atoms with E-state index in [1.165, 1.54) is 0 Å². The average molecular weight is 284 g/mol. The second-order valence-electron chi connectivity index (χ2n) is 1.53. The molecule has 1 radical (unpaired) electrons. The molecule has 0 fully saturated rings. The maximum Gasteiger partial charge on any atom is 2.00 e. The monoisotopic (exact) mass is 283 g/mol. The number of hydrogen-bond donors (Lipinski definition) is 2. The average Bonchev–Trinajstić information content (AvgIpc) is 1.84. The molecule has 11 heteroatoms. The fourth-order valence-corrected chi connectivity index (χ4v) is 0.258. The van der Waals surface area contributed by atoms with Crippen LogP contribution in [0.2, 0.25) is 0 Å². The Bertz CT molecular complexity index is 142. The number of carboxylic acids is 2. The van der Waals surface area contributed by atoms with Crippen LogP contribution in [0.4, 0.5) is 0 Å². The van der Waals surface area contributed by atoms with Crippen LogP contribution < -0.4 is 10.2 Å². The third kappa shape index (κ3) is 13.2. The molecule has 0 aliphatic heterocycles. The Hall–Kier alpha value is -0.781. The van der Waals surface area contributed by atoms with Crippen LogP contribution in [0.15, 0.2) is 0 Å². The van der Waals surface area contributed by atoms with Gasteiger partial charge in [-0.05, 0) is 0 Å². The van der Waals surface area contributed by atoms with Crippen molar-refractivity contribution in [1.29, 1.82) is 0 Å². The fourth-order valence-electron chi connectivity index (χ4n) is 0.258. The van der Waals surface area contributed by atoms with E-state index >= 15 is 0 Å². The van der Waals surface area contributed by atoms with Gasteiger partial charge in [-0.15, -0.1) is 0 Å². The van der Waals surface area contributed by atoms with Gasteiger partial charge in [0.2, 0.25) is 0 Å². The molecule has 0 aliphatic carbocycles. The SMILES string of the molecule is O.O.O.O.O=C([O-])C(O)C(O)C(=O)[O-].[Cu+2]. The van der Waals surface area contributed by atoms with Crippen molar-refractivity contribution in [3.05, 3.63) is 0 Å². The van der Waals surface area contributed by atoms with Crippen LogP contribution in [0, 0.1) is 0 Å². The fraction of sp³-hybridized carbons (Fsp3) is 0.500. The molecular weight excluding hydrogens is 272 g/mol. The first-order valence-electron chi connectivity index (χ1n) is 2.24. The molecule has 0 aromatic rings. The van der Waals surface area contributed by atoms with Crippen molar-refractivity contribution in [3.8, 4) is 0 Å². The summed E-state index contributed by atoms with van der Waals surface area (Å²) in [7, 11) is 0. The molecule has 0 aromatic carbocycles. The van der Waals surface area contributed by atoms with Gasteiger partial charge in [-0.1, -0.05) is 0 Å². The van der Waals surface area contributed by atoms with Crippen molar-refractivity contribution >= 4 is 11.9 Å². The minimum absolute atomic E-state index is 0. The zero-order chi connectivity index (χ0) is 8.31.